The van der Waals surface area contributed by atoms with Gasteiger partial charge in [-0.05, 0) is 31.0 Å². The Hall–Kier alpha value is -3.24. The van der Waals surface area contributed by atoms with E-state index < -0.39 is 17.7 Å². The molecular weight excluding hydrogens is 420 g/mol. The number of benzene rings is 1. The molecule has 32 heavy (non-hydrogen) atoms. The van der Waals surface area contributed by atoms with Crippen LogP contribution in [-0.4, -0.2) is 55.5 Å². The summed E-state index contributed by atoms with van der Waals surface area (Å²) in [4.78, 5) is 21.9. The van der Waals surface area contributed by atoms with Crippen LogP contribution < -0.4 is 15.5 Å². The van der Waals surface area contributed by atoms with Crippen molar-refractivity contribution >= 4 is 34.1 Å². The third-order valence-electron chi connectivity index (χ3n) is 5.36. The van der Waals surface area contributed by atoms with E-state index in [0.29, 0.717) is 35.5 Å². The molecule has 0 spiro atoms. The van der Waals surface area contributed by atoms with Gasteiger partial charge in [0.25, 0.3) is 0 Å². The molecule has 8 nitrogen and oxygen atoms in total. The number of hydrogen-bond donors (Lipinski definition) is 3. The molecule has 2 amide bonds. The number of halogens is 2. The van der Waals surface area contributed by atoms with Gasteiger partial charge >= 0.3 is 6.03 Å². The van der Waals surface area contributed by atoms with E-state index in [2.05, 4.69) is 25.5 Å². The van der Waals surface area contributed by atoms with E-state index in [-0.39, 0.29) is 6.10 Å². The number of carbonyl (C=O) groups excluding carboxylic acids is 1. The highest BCUT2D eigenvalue weighted by atomic mass is 19.2. The van der Waals surface area contributed by atoms with Gasteiger partial charge in [0.15, 0.2) is 11.6 Å². The summed E-state index contributed by atoms with van der Waals surface area (Å²) in [6.45, 7) is 4.67. The van der Waals surface area contributed by atoms with E-state index in [0.717, 1.165) is 43.0 Å². The maximum atomic E-state index is 13.6. The number of nitrogens with one attached hydrogen (secondary N) is 3. The van der Waals surface area contributed by atoms with E-state index in [1.54, 1.807) is 13.3 Å². The number of fused-ring (bicyclic) bond motifs is 1. The number of aromatic nitrogens is 2. The molecular formula is C22H25F2N5O3. The molecule has 0 radical (unpaired) electrons. The number of carbonyl (C=O) groups is 1. The summed E-state index contributed by atoms with van der Waals surface area (Å²) in [5, 5.41) is 5.74. The smallest absolute Gasteiger partial charge is 0.323 e. The third kappa shape index (κ3) is 4.81. The fraction of sp³-hybridized carbons (Fsp3) is 0.364. The Bertz CT molecular complexity index is 1120. The van der Waals surface area contributed by atoms with Crippen molar-refractivity contribution in [3.05, 3.63) is 47.8 Å². The quantitative estimate of drug-likeness (QED) is 0.478. The minimum Gasteiger partial charge on any atom is -0.382 e. The van der Waals surface area contributed by atoms with Crippen LogP contribution in [0.2, 0.25) is 0 Å². The van der Waals surface area contributed by atoms with Crippen LogP contribution in [0.15, 0.2) is 30.6 Å². The number of H-pyrrole nitrogens is 1. The molecule has 3 N–H and O–H groups in total. The second kappa shape index (κ2) is 9.49. The fourth-order valence-electron chi connectivity index (χ4n) is 3.83. The predicted octanol–water partition coefficient (Wildman–Crippen LogP) is 4.04. The molecule has 3 aromatic rings. The number of hydrogen-bond acceptors (Lipinski definition) is 5. The molecule has 3 heterocycles. The van der Waals surface area contributed by atoms with Gasteiger partial charge in [0.1, 0.15) is 5.82 Å². The SMILES string of the molecule is COCCOC1CCN(c2ncc(NC(=O)Nc3c[nH]c4cc(F)c(F)cc34)cc2C)C1. The molecule has 10 heteroatoms. The van der Waals surface area contributed by atoms with Crippen LogP contribution in [0.3, 0.4) is 0 Å². The summed E-state index contributed by atoms with van der Waals surface area (Å²) in [5.74, 6) is -1.09. The first-order chi connectivity index (χ1) is 15.4. The number of rotatable bonds is 7. The summed E-state index contributed by atoms with van der Waals surface area (Å²) in [6.07, 6.45) is 4.13. The monoisotopic (exact) mass is 445 g/mol. The van der Waals surface area contributed by atoms with Gasteiger partial charge in [-0.1, -0.05) is 0 Å². The van der Waals surface area contributed by atoms with Crippen molar-refractivity contribution in [3.63, 3.8) is 0 Å². The lowest BCUT2D eigenvalue weighted by Gasteiger charge is -2.20. The number of aromatic amines is 1. The zero-order chi connectivity index (χ0) is 22.7. The molecule has 1 aliphatic heterocycles. The summed E-state index contributed by atoms with van der Waals surface area (Å²) in [6, 6.07) is 3.41. The third-order valence-corrected chi connectivity index (χ3v) is 5.36. The lowest BCUT2D eigenvalue weighted by molar-refractivity contribution is 0.0280. The maximum absolute atomic E-state index is 13.6. The second-order valence-corrected chi connectivity index (χ2v) is 7.68. The average molecular weight is 445 g/mol. The number of anilines is 3. The van der Waals surface area contributed by atoms with Crippen molar-refractivity contribution in [1.82, 2.24) is 9.97 Å². The zero-order valence-corrected chi connectivity index (χ0v) is 17.9. The lowest BCUT2D eigenvalue weighted by Crippen LogP contribution is -2.25. The average Bonchev–Trinajstić information content (AvgIpc) is 3.36. The minimum absolute atomic E-state index is 0.143. The fourth-order valence-corrected chi connectivity index (χ4v) is 3.83. The summed E-state index contributed by atoms with van der Waals surface area (Å²) in [7, 11) is 1.65. The highest BCUT2D eigenvalue weighted by Crippen LogP contribution is 2.27. The van der Waals surface area contributed by atoms with Gasteiger partial charge in [0, 0.05) is 37.8 Å². The van der Waals surface area contributed by atoms with Gasteiger partial charge < -0.3 is 30.0 Å². The first kappa shape index (κ1) is 22.0. The van der Waals surface area contributed by atoms with Crippen LogP contribution in [0.1, 0.15) is 12.0 Å². The molecule has 1 atom stereocenters. The van der Waals surface area contributed by atoms with Crippen molar-refractivity contribution in [1.29, 1.82) is 0 Å². The van der Waals surface area contributed by atoms with Gasteiger partial charge in [-0.15, -0.1) is 0 Å². The molecule has 2 aromatic heterocycles. The highest BCUT2D eigenvalue weighted by molar-refractivity contribution is 6.05. The molecule has 1 saturated heterocycles. The Balaban J connectivity index is 1.38. The molecule has 170 valence electrons. The van der Waals surface area contributed by atoms with Gasteiger partial charge in [-0.3, -0.25) is 0 Å². The topological polar surface area (TPSA) is 91.5 Å². The van der Waals surface area contributed by atoms with Crippen LogP contribution in [-0.2, 0) is 9.47 Å². The molecule has 0 bridgehead atoms. The molecule has 1 aromatic carbocycles. The molecule has 0 aliphatic carbocycles. The van der Waals surface area contributed by atoms with Crippen LogP contribution in [0.25, 0.3) is 10.9 Å². The van der Waals surface area contributed by atoms with E-state index in [9.17, 15) is 13.6 Å². The lowest BCUT2D eigenvalue weighted by atomic mass is 10.2. The van der Waals surface area contributed by atoms with Crippen molar-refractivity contribution in [2.45, 2.75) is 19.4 Å². The van der Waals surface area contributed by atoms with Crippen molar-refractivity contribution in [3.8, 4) is 0 Å². The van der Waals surface area contributed by atoms with Crippen LogP contribution in [0.5, 0.6) is 0 Å². The number of ether oxygens (including phenoxy) is 2. The number of methoxy groups -OCH3 is 1. The molecule has 1 aliphatic rings. The molecule has 1 unspecified atom stereocenters. The highest BCUT2D eigenvalue weighted by Gasteiger charge is 2.25. The maximum Gasteiger partial charge on any atom is 0.323 e. The second-order valence-electron chi connectivity index (χ2n) is 7.68. The van der Waals surface area contributed by atoms with E-state index in [1.807, 2.05) is 13.0 Å². The Kier molecular flexibility index (Phi) is 6.52. The first-order valence-electron chi connectivity index (χ1n) is 10.3. The van der Waals surface area contributed by atoms with E-state index in [1.165, 1.54) is 6.20 Å². The zero-order valence-electron chi connectivity index (χ0n) is 17.9. The summed E-state index contributed by atoms with van der Waals surface area (Å²) < 4.78 is 37.7. The minimum atomic E-state index is -0.982. The van der Waals surface area contributed by atoms with E-state index >= 15 is 0 Å². The van der Waals surface area contributed by atoms with Gasteiger partial charge in [0.2, 0.25) is 0 Å². The van der Waals surface area contributed by atoms with Crippen molar-refractivity contribution < 1.29 is 23.0 Å². The summed E-state index contributed by atoms with van der Waals surface area (Å²) >= 11 is 0. The molecule has 0 saturated carbocycles. The number of urea groups is 1. The van der Waals surface area contributed by atoms with Crippen LogP contribution in [0, 0.1) is 18.6 Å². The van der Waals surface area contributed by atoms with Gasteiger partial charge in [-0.2, -0.15) is 0 Å². The Morgan fingerprint density at radius 1 is 1.25 bits per heavy atom. The Morgan fingerprint density at radius 2 is 2.06 bits per heavy atom. The predicted molar refractivity (Wildman–Crippen MR) is 118 cm³/mol. The first-order valence-corrected chi connectivity index (χ1v) is 10.3. The number of pyridine rings is 1. The van der Waals surface area contributed by atoms with Gasteiger partial charge in [0.05, 0.1) is 42.4 Å². The molecule has 1 fully saturated rings. The standard InChI is InChI=1S/C22H25F2N5O3/c1-13-7-14(10-26-21(13)29-4-3-15(12-29)32-6-5-31-2)27-22(30)28-20-11-25-19-9-18(24)17(23)8-16(19)20/h7-11,15,25H,3-6,12H2,1-2H3,(H2,27,28,30). The number of aryl methyl sites for hydroxylation is 1. The molecule has 4 rings (SSSR count). The largest absolute Gasteiger partial charge is 0.382 e. The normalized spacial score (nSPS) is 16.0. The Morgan fingerprint density at radius 3 is 2.84 bits per heavy atom. The Labute approximate surface area is 183 Å². The number of amides is 2. The van der Waals surface area contributed by atoms with Crippen molar-refractivity contribution in [2.24, 2.45) is 0 Å². The number of nitrogens with zero attached hydrogens (tertiary/aromatic N) is 2. The summed E-state index contributed by atoms with van der Waals surface area (Å²) in [5.41, 5.74) is 2.17. The van der Waals surface area contributed by atoms with Gasteiger partial charge in [-0.25, -0.2) is 18.6 Å². The van der Waals surface area contributed by atoms with Crippen molar-refractivity contribution in [2.75, 3.05) is 48.9 Å². The van der Waals surface area contributed by atoms with Crippen LogP contribution in [0.4, 0.5) is 30.8 Å². The van der Waals surface area contributed by atoms with E-state index in [4.69, 9.17) is 9.47 Å². The van der Waals surface area contributed by atoms with Crippen LogP contribution >= 0.6 is 0 Å².